The molecule has 1 aliphatic rings. The number of benzene rings is 3. The summed E-state index contributed by atoms with van der Waals surface area (Å²) in [6.45, 7) is 7.20. The first-order chi connectivity index (χ1) is 30.7. The Morgan fingerprint density at radius 1 is 0.923 bits per heavy atom. The second kappa shape index (κ2) is 21.2. The van der Waals surface area contributed by atoms with Gasteiger partial charge < -0.3 is 57.7 Å². The van der Waals surface area contributed by atoms with Gasteiger partial charge in [-0.15, -0.1) is 0 Å². The first-order valence-electron chi connectivity index (χ1n) is 20.8. The molecule has 18 nitrogen and oxygen atoms in total. The van der Waals surface area contributed by atoms with Gasteiger partial charge in [0, 0.05) is 30.2 Å². The van der Waals surface area contributed by atoms with Gasteiger partial charge >= 0.3 is 5.97 Å². The highest BCUT2D eigenvalue weighted by molar-refractivity contribution is 6.02. The highest BCUT2D eigenvalue weighted by Crippen LogP contribution is 2.45. The Bertz CT molecular complexity index is 2410. The van der Waals surface area contributed by atoms with Crippen molar-refractivity contribution in [3.05, 3.63) is 82.5 Å². The van der Waals surface area contributed by atoms with Crippen LogP contribution in [0.3, 0.4) is 0 Å². The highest BCUT2D eigenvalue weighted by Gasteiger charge is 2.35. The van der Waals surface area contributed by atoms with Gasteiger partial charge in [0.2, 0.25) is 17.7 Å². The molecular weight excluding hydrogens is 849 g/mol. The number of aromatic hydroxyl groups is 1. The monoisotopic (exact) mass is 903 g/mol. The summed E-state index contributed by atoms with van der Waals surface area (Å²) in [4.78, 5) is 76.8. The average Bonchev–Trinajstić information content (AvgIpc) is 3.25. The molecule has 0 saturated heterocycles. The fourth-order valence-electron chi connectivity index (χ4n) is 6.96. The largest absolute Gasteiger partial charge is 0.504 e. The Kier molecular flexibility index (Phi) is 16.0. The molecule has 1 aromatic heterocycles. The Morgan fingerprint density at radius 2 is 1.57 bits per heavy atom. The average molecular weight is 904 g/mol. The van der Waals surface area contributed by atoms with E-state index in [0.717, 1.165) is 10.5 Å². The minimum atomic E-state index is -3.28. The number of phenolic OH excluding ortho intramolecular Hbond substituents is 1. The van der Waals surface area contributed by atoms with Gasteiger partial charge in [0.05, 0.1) is 19.8 Å². The number of likely N-dealkylation sites (N-methyl/N-ethyl adjacent to an activating group) is 1. The molecule has 0 radical (unpaired) electrons. The molecule has 4 amide bonds. The number of aliphatic carboxylic acids is 1. The first kappa shape index (κ1) is 49.1. The quantitative estimate of drug-likeness (QED) is 0.0795. The van der Waals surface area contributed by atoms with Crippen LogP contribution in [0.25, 0.3) is 22.5 Å². The van der Waals surface area contributed by atoms with Crippen LogP contribution in [0.15, 0.2) is 54.6 Å². The summed E-state index contributed by atoms with van der Waals surface area (Å²) in [7, 11) is 1.22. The van der Waals surface area contributed by atoms with Crippen LogP contribution in [0.5, 0.6) is 17.2 Å². The maximum atomic E-state index is 14.5. The molecule has 3 atom stereocenters. The SMILES string of the molecule is C[C@@H]1NC(=O)[C@@H](N(C)C(=O)CNC(=O)c2c(N)nc(-c3ccc(C(C)(C)C)cc3)nc2C(F)F)c2cc(OCCCN)c(O)c(c2)-c2cc(ccc2OCCCN)C[C@@H](C(=O)O)NC1=O. The molecule has 1 aliphatic heterocycles. The zero-order valence-corrected chi connectivity index (χ0v) is 36.7. The van der Waals surface area contributed by atoms with Gasteiger partial charge in [-0.25, -0.2) is 23.5 Å². The topological polar surface area (TPSA) is 287 Å². The summed E-state index contributed by atoms with van der Waals surface area (Å²) in [6.07, 6.45) is -2.65. The number of nitrogens with one attached hydrogen (secondary N) is 3. The molecule has 4 aromatic rings. The van der Waals surface area contributed by atoms with Gasteiger partial charge in [-0.3, -0.25) is 19.2 Å². The normalized spacial score (nSPS) is 16.5. The number of phenols is 1. The van der Waals surface area contributed by atoms with Crippen molar-refractivity contribution in [2.45, 2.75) is 76.9 Å². The number of nitrogens with two attached hydrogens (primary N) is 3. The zero-order valence-electron chi connectivity index (χ0n) is 36.7. The van der Waals surface area contributed by atoms with Crippen LogP contribution in [-0.2, 0) is 31.0 Å². The van der Waals surface area contributed by atoms with E-state index in [9.17, 15) is 43.0 Å². The van der Waals surface area contributed by atoms with Crippen LogP contribution in [0.4, 0.5) is 14.6 Å². The number of aromatic nitrogens is 2. The summed E-state index contributed by atoms with van der Waals surface area (Å²) < 4.78 is 41.0. The lowest BCUT2D eigenvalue weighted by molar-refractivity contribution is -0.142. The number of carboxylic acids is 1. The zero-order chi connectivity index (χ0) is 47.7. The molecular formula is C45H55F2N9O9. The maximum Gasteiger partial charge on any atom is 0.326 e. The van der Waals surface area contributed by atoms with Crippen LogP contribution in [0.1, 0.15) is 85.7 Å². The predicted molar refractivity (Wildman–Crippen MR) is 236 cm³/mol. The predicted octanol–water partition coefficient (Wildman–Crippen LogP) is 3.35. The molecule has 20 heteroatoms. The summed E-state index contributed by atoms with van der Waals surface area (Å²) in [5.41, 5.74) is 17.7. The van der Waals surface area contributed by atoms with Gasteiger partial charge in [0.15, 0.2) is 17.3 Å². The third kappa shape index (κ3) is 11.8. The Hall–Kier alpha value is -6.93. The lowest BCUT2D eigenvalue weighted by Gasteiger charge is -2.30. The summed E-state index contributed by atoms with van der Waals surface area (Å²) in [6, 6.07) is 9.93. The van der Waals surface area contributed by atoms with Gasteiger partial charge in [-0.1, -0.05) is 51.1 Å². The molecule has 0 spiro atoms. The first-order valence-corrected chi connectivity index (χ1v) is 20.8. The molecule has 4 bridgehead atoms. The molecule has 348 valence electrons. The van der Waals surface area contributed by atoms with E-state index in [1.165, 1.54) is 26.1 Å². The third-order valence-electron chi connectivity index (χ3n) is 10.6. The smallest absolute Gasteiger partial charge is 0.326 e. The summed E-state index contributed by atoms with van der Waals surface area (Å²) in [5, 5.41) is 29.1. The van der Waals surface area contributed by atoms with Gasteiger partial charge in [-0.2, -0.15) is 0 Å². The van der Waals surface area contributed by atoms with Crippen molar-refractivity contribution >= 4 is 35.4 Å². The maximum absolute atomic E-state index is 14.5. The van der Waals surface area contributed by atoms with E-state index < -0.39 is 83.5 Å². The molecule has 0 aliphatic carbocycles. The molecule has 0 unspecified atom stereocenters. The standard InChI is InChI=1S/C45H55F2N9O9/c1-23-41(59)53-30(44(62)63)19-24-8-13-31(64-16-6-14-48)28(18-24)29-20-26(21-32(37(29)58)65-17-7-15-49)36(43(61)52-23)56(5)33(57)22-51-42(60)34-35(38(46)47)54-40(55-39(34)50)25-9-11-27(12-10-25)45(2,3)4/h8-13,18,20-21,23,30,36,38,58H,6-7,14-17,19,22,48-49H2,1-5H3,(H,51,60)(H,52,61)(H,53,59)(H,62,63)(H2,50,54,55)/t23-,30-,36-/m0/s1. The number of nitrogen functional groups attached to an aromatic ring is 1. The molecule has 3 aromatic carbocycles. The number of ether oxygens (including phenoxy) is 2. The molecule has 0 saturated carbocycles. The summed E-state index contributed by atoms with van der Waals surface area (Å²) in [5.74, 6) is -6.28. The van der Waals surface area contributed by atoms with E-state index in [2.05, 4.69) is 25.9 Å². The fraction of sp³-hybridized carbons (Fsp3) is 0.400. The Morgan fingerprint density at radius 3 is 2.17 bits per heavy atom. The Labute approximate surface area is 374 Å². The molecule has 11 N–H and O–H groups in total. The van der Waals surface area contributed by atoms with Crippen molar-refractivity contribution in [1.82, 2.24) is 30.8 Å². The number of carboxylic acid groups (broad SMARTS) is 1. The van der Waals surface area contributed by atoms with Crippen LogP contribution in [0.2, 0.25) is 0 Å². The van der Waals surface area contributed by atoms with E-state index >= 15 is 0 Å². The number of fused-ring (bicyclic) bond motifs is 5. The fourth-order valence-corrected chi connectivity index (χ4v) is 6.96. The number of nitrogens with zero attached hydrogens (tertiary/aromatic N) is 3. The molecule has 0 fully saturated rings. The van der Waals surface area contributed by atoms with E-state index in [1.54, 1.807) is 42.5 Å². The van der Waals surface area contributed by atoms with E-state index in [-0.39, 0.29) is 65.6 Å². The number of halogens is 2. The van der Waals surface area contributed by atoms with E-state index in [4.69, 9.17) is 26.7 Å². The van der Waals surface area contributed by atoms with Crippen molar-refractivity contribution in [3.63, 3.8) is 0 Å². The second-order valence-electron chi connectivity index (χ2n) is 16.5. The van der Waals surface area contributed by atoms with Crippen molar-refractivity contribution in [2.75, 3.05) is 45.6 Å². The van der Waals surface area contributed by atoms with Gasteiger partial charge in [0.25, 0.3) is 12.3 Å². The molecule has 2 heterocycles. The number of carbonyl (C=O) groups is 5. The van der Waals surface area contributed by atoms with E-state index in [0.29, 0.717) is 30.5 Å². The Balaban J connectivity index is 1.56. The van der Waals surface area contributed by atoms with Gasteiger partial charge in [0.1, 0.15) is 41.0 Å². The molecule has 5 rings (SSSR count). The van der Waals surface area contributed by atoms with Crippen LogP contribution in [-0.4, -0.2) is 107 Å². The number of anilines is 1. The van der Waals surface area contributed by atoms with Gasteiger partial charge in [-0.05, 0) is 79.2 Å². The number of hydrogen-bond donors (Lipinski definition) is 8. The third-order valence-corrected chi connectivity index (χ3v) is 10.6. The minimum absolute atomic E-state index is 0.0277. The number of alkyl halides is 2. The van der Waals surface area contributed by atoms with E-state index in [1.807, 2.05) is 20.8 Å². The van der Waals surface area contributed by atoms with Crippen LogP contribution < -0.4 is 42.6 Å². The second-order valence-corrected chi connectivity index (χ2v) is 16.5. The van der Waals surface area contributed by atoms with Crippen molar-refractivity contribution in [3.8, 4) is 39.8 Å². The number of carbonyl (C=O) groups excluding carboxylic acids is 4. The minimum Gasteiger partial charge on any atom is -0.504 e. The number of amides is 4. The summed E-state index contributed by atoms with van der Waals surface area (Å²) >= 11 is 0. The highest BCUT2D eigenvalue weighted by atomic mass is 19.3. The van der Waals surface area contributed by atoms with Crippen molar-refractivity contribution in [2.24, 2.45) is 11.5 Å². The van der Waals surface area contributed by atoms with Crippen molar-refractivity contribution < 1.29 is 52.4 Å². The van der Waals surface area contributed by atoms with Crippen LogP contribution in [0, 0.1) is 0 Å². The molecule has 65 heavy (non-hydrogen) atoms. The van der Waals surface area contributed by atoms with Crippen LogP contribution >= 0.6 is 0 Å². The van der Waals surface area contributed by atoms with Crippen molar-refractivity contribution in [1.29, 1.82) is 0 Å². The lowest BCUT2D eigenvalue weighted by Crippen LogP contribution is -2.53. The number of hydrogen-bond acceptors (Lipinski definition) is 13. The number of rotatable bonds is 15. The lowest BCUT2D eigenvalue weighted by atomic mass is 9.86.